The molecule has 11 atom stereocenters. The van der Waals surface area contributed by atoms with Gasteiger partial charge in [-0.15, -0.1) is 0 Å². The number of nitrogens with one attached hydrogen (secondary N) is 18. The first-order chi connectivity index (χ1) is 66.3. The number of aliphatic carboxylic acids is 1. The maximum absolute atomic E-state index is 15.7. The molecule has 43 nitrogen and oxygen atoms in total. The van der Waals surface area contributed by atoms with Crippen LogP contribution >= 0.6 is 21.6 Å². The normalized spacial score (nSPS) is 17.4. The zero-order valence-corrected chi connectivity index (χ0v) is 80.9. The molecule has 2 aromatic heterocycles. The molecule has 2 aliphatic rings. The number of hydrogen-bond acceptors (Lipinski definition) is 24. The van der Waals surface area contributed by atoms with Gasteiger partial charge in [-0.05, 0) is 96.0 Å². The first-order valence-corrected chi connectivity index (χ1v) is 48.8. The summed E-state index contributed by atoms with van der Waals surface area (Å²) in [5.41, 5.74) is 9.60. The van der Waals surface area contributed by atoms with Gasteiger partial charge in [-0.1, -0.05) is 128 Å². The van der Waals surface area contributed by atoms with Crippen molar-refractivity contribution in [1.29, 1.82) is 0 Å². The number of para-hydroxylation sites is 2. The van der Waals surface area contributed by atoms with Crippen LogP contribution in [-0.2, 0) is 123 Å². The largest absolute Gasteiger partial charge is 0.508 e. The molecule has 8 rings (SSSR count). The van der Waals surface area contributed by atoms with Gasteiger partial charge in [0, 0.05) is 177 Å². The first kappa shape index (κ1) is 111. The van der Waals surface area contributed by atoms with Gasteiger partial charge in [0.2, 0.25) is 106 Å². The summed E-state index contributed by atoms with van der Waals surface area (Å²) in [6, 6.07) is 11.2. The summed E-state index contributed by atoms with van der Waals surface area (Å²) >= 11 is 0. The number of carbonyl (C=O) groups is 19. The lowest BCUT2D eigenvalue weighted by Gasteiger charge is -2.31. The van der Waals surface area contributed by atoms with E-state index in [1.54, 1.807) is 123 Å². The van der Waals surface area contributed by atoms with Crippen molar-refractivity contribution in [3.8, 4) is 5.75 Å². The van der Waals surface area contributed by atoms with Crippen molar-refractivity contribution in [1.82, 2.24) is 110 Å². The number of nitrogens with zero attached hydrogens (tertiary/aromatic N) is 3. The zero-order chi connectivity index (χ0) is 101. The molecule has 0 spiro atoms. The van der Waals surface area contributed by atoms with Crippen LogP contribution in [0.5, 0.6) is 5.75 Å². The van der Waals surface area contributed by atoms with Crippen molar-refractivity contribution >= 4 is 156 Å². The number of carboxylic acid groups (broad SMARTS) is 1. The summed E-state index contributed by atoms with van der Waals surface area (Å²) in [5.74, 6) is -16.7. The van der Waals surface area contributed by atoms with Crippen LogP contribution in [0.2, 0.25) is 0 Å². The topological polar surface area (TPSA) is 625 Å². The third kappa shape index (κ3) is 37.6. The number of aromatic nitrogens is 2. The number of carbonyl (C=O) groups excluding carboxylic acids is 18. The number of hydrogen-bond donors (Lipinski definition) is 21. The maximum Gasteiger partial charge on any atom is 0.303 e. The highest BCUT2D eigenvalue weighted by Crippen LogP contribution is 2.29. The standard InChI is InChI=1S/C94H130N22O21S2/c1-9-55(4)84(93(136)108-70(27-29-79(95)122)85(128)103-46-62-17-14-16-61(41-62)45-102-81(124)50-114(36-31-96-56(5)117)37-32-97-57(6)118)113-90(133)75(44-64-48-101-69-21-13-11-19-67(64)69)109-91(134)76-52-138-139-53-77(94(137)116-35-15-22-78(116)92(135)110-73(42-60-23-25-65(121)26-24-60)86(129)104-49-80(123)105-72(40-54(2)3)88(131)111-76)112-87(130)71(28-30-83(126)127)107-89(132)74(43-63-47-100-68-20-12-10-18-66(63)68)106-82(125)51-115(38-33-98-58(7)119)39-34-99-59(8)120/h10-14,16-21,23-26,41,47-48,54-55,70-78,84,100-101,121H,9,15,22,27-40,42-46,49-53H2,1-8H3,(H2,95,122)(H,96,117)(H,97,118)(H,98,119)(H,99,120)(H,102,124)(H,103,128)(H,104,129)(H,105,123)(H,106,125)(H,107,132)(H,108,136)(H,109,134)(H,110,135)(H,111,131)(H,112,130)(H,113,133)(H,126,127)/t55?,70-,71-,72-,73-,74-,75-,76-,77-,78?,84-/m0/s1. The van der Waals surface area contributed by atoms with Gasteiger partial charge in [0.1, 0.15) is 66.2 Å². The van der Waals surface area contributed by atoms with E-state index in [1.165, 1.54) is 56.9 Å². The maximum atomic E-state index is 15.7. The number of phenols is 1. The summed E-state index contributed by atoms with van der Waals surface area (Å²) in [7, 11) is 1.74. The van der Waals surface area contributed by atoms with E-state index in [0.29, 0.717) is 62.7 Å². The van der Waals surface area contributed by atoms with Crippen molar-refractivity contribution in [3.63, 3.8) is 0 Å². The Labute approximate surface area is 812 Å². The fraction of sp³-hybridized carbons (Fsp3) is 0.500. The highest BCUT2D eigenvalue weighted by atomic mass is 33.1. The minimum Gasteiger partial charge on any atom is -0.508 e. The summed E-state index contributed by atoms with van der Waals surface area (Å²) in [6.07, 6.45) is 0.854. The fourth-order valence-electron chi connectivity index (χ4n) is 15.7. The number of phenolic OH excluding ortho intramolecular Hbond substituents is 1. The molecule has 0 bridgehead atoms. The quantitative estimate of drug-likeness (QED) is 0.0194. The van der Waals surface area contributed by atoms with Crippen LogP contribution in [0.25, 0.3) is 21.8 Å². The van der Waals surface area contributed by atoms with Gasteiger partial charge in [0.05, 0.1) is 19.6 Å². The van der Waals surface area contributed by atoms with Crippen LogP contribution in [0.1, 0.15) is 135 Å². The third-order valence-electron chi connectivity index (χ3n) is 23.2. The van der Waals surface area contributed by atoms with E-state index in [0.717, 1.165) is 21.6 Å². The Bertz CT molecular complexity index is 5270. The van der Waals surface area contributed by atoms with Crippen molar-refractivity contribution in [2.24, 2.45) is 17.6 Å². The predicted octanol–water partition coefficient (Wildman–Crippen LogP) is -1.45. The first-order valence-electron chi connectivity index (χ1n) is 46.3. The van der Waals surface area contributed by atoms with E-state index in [2.05, 4.69) is 95.0 Å². The second kappa shape index (κ2) is 56.3. The van der Waals surface area contributed by atoms with Gasteiger partial charge < -0.3 is 116 Å². The second-order valence-electron chi connectivity index (χ2n) is 34.8. The molecule has 2 saturated heterocycles. The van der Waals surface area contributed by atoms with Gasteiger partial charge in [-0.2, -0.15) is 0 Å². The number of fused-ring (bicyclic) bond motifs is 3. The third-order valence-corrected chi connectivity index (χ3v) is 25.6. The molecular weight excluding hydrogens is 1840 g/mol. The predicted molar refractivity (Wildman–Crippen MR) is 518 cm³/mol. The van der Waals surface area contributed by atoms with Crippen LogP contribution in [0, 0.1) is 11.8 Å². The Kier molecular flexibility index (Phi) is 44.8. The Hall–Kier alpha value is -13.7. The Morgan fingerprint density at radius 1 is 0.532 bits per heavy atom. The van der Waals surface area contributed by atoms with Gasteiger partial charge in [-0.25, -0.2) is 0 Å². The van der Waals surface area contributed by atoms with E-state index in [4.69, 9.17) is 5.73 Å². The Balaban J connectivity index is 1.10. The molecule has 4 aromatic carbocycles. The van der Waals surface area contributed by atoms with E-state index in [1.807, 2.05) is 0 Å². The highest BCUT2D eigenvalue weighted by Gasteiger charge is 2.42. The summed E-state index contributed by atoms with van der Waals surface area (Å²) in [6.45, 7) is 12.5. The summed E-state index contributed by atoms with van der Waals surface area (Å²) in [5, 5.41) is 65.3. The molecule has 139 heavy (non-hydrogen) atoms. The number of primary amides is 1. The molecule has 22 N–H and O–H groups in total. The van der Waals surface area contributed by atoms with Crippen LogP contribution in [-0.4, -0.2) is 298 Å². The van der Waals surface area contributed by atoms with Crippen LogP contribution in [0.15, 0.2) is 109 Å². The number of aromatic hydroxyl groups is 1. The van der Waals surface area contributed by atoms with Crippen molar-refractivity contribution in [2.45, 2.75) is 200 Å². The summed E-state index contributed by atoms with van der Waals surface area (Å²) < 4.78 is 0. The number of rotatable bonds is 48. The van der Waals surface area contributed by atoms with Crippen LogP contribution in [0.3, 0.4) is 0 Å². The second-order valence-corrected chi connectivity index (χ2v) is 37.4. The molecule has 2 fully saturated rings. The number of amides is 18. The number of benzene rings is 4. The van der Waals surface area contributed by atoms with Gasteiger partial charge in [0.15, 0.2) is 0 Å². The summed E-state index contributed by atoms with van der Waals surface area (Å²) in [4.78, 5) is 276. The molecule has 2 aliphatic heterocycles. The highest BCUT2D eigenvalue weighted by molar-refractivity contribution is 8.76. The molecule has 18 amide bonds. The van der Waals surface area contributed by atoms with Crippen molar-refractivity contribution in [2.75, 3.05) is 90.0 Å². The van der Waals surface area contributed by atoms with Crippen molar-refractivity contribution < 1.29 is 101 Å². The molecule has 45 heteroatoms. The van der Waals surface area contributed by atoms with Gasteiger partial charge >= 0.3 is 5.97 Å². The molecule has 2 unspecified atom stereocenters. The van der Waals surface area contributed by atoms with Gasteiger partial charge in [-0.3, -0.25) is 101 Å². The molecule has 6 aromatic rings. The average molecular weight is 1970 g/mol. The lowest BCUT2D eigenvalue weighted by molar-refractivity contribution is -0.142. The zero-order valence-electron chi connectivity index (χ0n) is 79.3. The molecule has 4 heterocycles. The number of aromatic amines is 2. The molecule has 0 saturated carbocycles. The number of carboxylic acids is 1. The van der Waals surface area contributed by atoms with Crippen molar-refractivity contribution in [3.05, 3.63) is 137 Å². The Morgan fingerprint density at radius 3 is 1.61 bits per heavy atom. The van der Waals surface area contributed by atoms with E-state index in [9.17, 15) is 67.7 Å². The lowest BCUT2D eigenvalue weighted by Crippen LogP contribution is -2.61. The fourth-order valence-corrected chi connectivity index (χ4v) is 18.0. The smallest absolute Gasteiger partial charge is 0.303 e. The van der Waals surface area contributed by atoms with E-state index >= 15 is 33.6 Å². The molecule has 0 aliphatic carbocycles. The van der Waals surface area contributed by atoms with Crippen LogP contribution in [0.4, 0.5) is 0 Å². The minimum absolute atomic E-state index is 0.0127. The van der Waals surface area contributed by atoms with E-state index in [-0.39, 0.29) is 171 Å². The lowest BCUT2D eigenvalue weighted by atomic mass is 9.96. The number of nitrogens with two attached hydrogens (primary N) is 1. The minimum atomic E-state index is -1.79. The average Bonchev–Trinajstić information content (AvgIpc) is 1.63. The Morgan fingerprint density at radius 2 is 1.06 bits per heavy atom. The van der Waals surface area contributed by atoms with Crippen LogP contribution < -0.4 is 90.8 Å². The van der Waals surface area contributed by atoms with Gasteiger partial charge in [0.25, 0.3) is 0 Å². The monoisotopic (exact) mass is 1970 g/mol. The molecule has 754 valence electrons. The number of H-pyrrole nitrogens is 2. The van der Waals surface area contributed by atoms with E-state index < -0.39 is 180 Å². The molecule has 0 radical (unpaired) electrons. The molecular formula is C94H130N22O21S2. The SMILES string of the molecule is CCC(C)[C@H](NC(=O)[C@H](Cc1c[nH]c2ccccc12)NC(=O)[C@@H]1CSSC[C@H](NC(=O)[C@H](CCC(=O)O)NC(=O)[C@H](Cc2c[nH]c3ccccc23)NC(=O)CN(CCNC(C)=O)CCNC(C)=O)C(=O)N2CCCC2C(=O)N[C@@H](Cc2ccc(O)cc2)C(=O)NCC(=O)N[C@@H](CC(C)C)C(=O)N1)C(=O)N[C@@H](CCC(N)=O)C(=O)NCc1cccc(CNC(=O)CN(CCNC(C)=O)CCNC(C)=O)c1.